The summed E-state index contributed by atoms with van der Waals surface area (Å²) in [5.41, 5.74) is -1.69. The number of fused-ring (bicyclic) bond motifs is 2. The third kappa shape index (κ3) is 5.12. The molecule has 12 heteroatoms. The van der Waals surface area contributed by atoms with Gasteiger partial charge in [0.05, 0.1) is 20.8 Å². The Bertz CT molecular complexity index is 1360. The Balaban J connectivity index is 1.51. The summed E-state index contributed by atoms with van der Waals surface area (Å²) in [5.74, 6) is -6.58. The van der Waals surface area contributed by atoms with Crippen LogP contribution in [0.25, 0.3) is 0 Å². The number of sulfone groups is 1. The van der Waals surface area contributed by atoms with Crippen molar-refractivity contribution in [1.29, 1.82) is 0 Å². The highest BCUT2D eigenvalue weighted by atomic mass is 35.5. The number of hydrogen-bond donors (Lipinski definition) is 3. The molecular formula is C25H24ClF3N2O5S. The number of anilines is 1. The average Bonchev–Trinajstić information content (AvgIpc) is 2.86. The molecule has 2 atom stereocenters. The zero-order valence-corrected chi connectivity index (χ0v) is 21.2. The third-order valence-corrected chi connectivity index (χ3v) is 9.78. The molecule has 0 saturated heterocycles. The standard InChI is InChI=1S/C25H24ClF3N2O5S/c1-2-3-22(32)30-12-25(34)14-7-15(25)9-17(8-14)37(35,36)21-6-13(4-5-18(21)26)24(33)31-16-10-19(27)23(29)20(28)11-16/h2-6,10-11,14-15,17,34H,7-9,12H2,1H3,(H,30,32)(H,31,33)/b3-2+. The molecule has 0 radical (unpaired) electrons. The summed E-state index contributed by atoms with van der Waals surface area (Å²) in [6.45, 7) is 1.70. The first-order chi connectivity index (χ1) is 17.4. The summed E-state index contributed by atoms with van der Waals surface area (Å²) in [5, 5.41) is 14.9. The number of hydrogen-bond acceptors (Lipinski definition) is 5. The van der Waals surface area contributed by atoms with Crippen molar-refractivity contribution >= 4 is 38.9 Å². The van der Waals surface area contributed by atoms with Gasteiger partial charge in [0.25, 0.3) is 5.91 Å². The lowest BCUT2D eigenvalue weighted by molar-refractivity contribution is -0.173. The van der Waals surface area contributed by atoms with Gasteiger partial charge in [0, 0.05) is 29.9 Å². The number of aliphatic hydroxyl groups is 1. The summed E-state index contributed by atoms with van der Waals surface area (Å²) in [7, 11) is -4.02. The van der Waals surface area contributed by atoms with Gasteiger partial charge in [-0.3, -0.25) is 9.59 Å². The molecule has 5 rings (SSSR count). The number of carbonyl (C=O) groups excluding carboxylic acids is 2. The molecule has 0 aliphatic heterocycles. The molecule has 2 aromatic rings. The minimum atomic E-state index is -4.02. The van der Waals surface area contributed by atoms with Gasteiger partial charge < -0.3 is 15.7 Å². The van der Waals surface area contributed by atoms with Crippen molar-refractivity contribution in [3.05, 3.63) is 70.5 Å². The van der Waals surface area contributed by atoms with Crippen LogP contribution in [0.2, 0.25) is 5.02 Å². The van der Waals surface area contributed by atoms with Crippen molar-refractivity contribution in [2.75, 3.05) is 11.9 Å². The van der Waals surface area contributed by atoms with Crippen molar-refractivity contribution in [2.45, 2.75) is 41.9 Å². The maximum absolute atomic E-state index is 13.5. The van der Waals surface area contributed by atoms with Crippen molar-refractivity contribution in [3.63, 3.8) is 0 Å². The maximum Gasteiger partial charge on any atom is 0.255 e. The average molecular weight is 557 g/mol. The number of carbonyl (C=O) groups is 2. The quantitative estimate of drug-likeness (QED) is 0.352. The third-order valence-electron chi connectivity index (χ3n) is 7.12. The van der Waals surface area contributed by atoms with Crippen LogP contribution in [0.3, 0.4) is 0 Å². The molecule has 2 bridgehead atoms. The van der Waals surface area contributed by atoms with Crippen LogP contribution < -0.4 is 10.6 Å². The Kier molecular flexibility index (Phi) is 7.42. The molecule has 3 N–H and O–H groups in total. The smallest absolute Gasteiger partial charge is 0.255 e. The van der Waals surface area contributed by atoms with Gasteiger partial charge in [0.2, 0.25) is 5.91 Å². The molecule has 37 heavy (non-hydrogen) atoms. The van der Waals surface area contributed by atoms with E-state index in [4.69, 9.17) is 11.6 Å². The largest absolute Gasteiger partial charge is 0.387 e. The number of benzene rings is 2. The fraction of sp³-hybridized carbons (Fsp3) is 0.360. The summed E-state index contributed by atoms with van der Waals surface area (Å²) >= 11 is 6.19. The molecule has 7 nitrogen and oxygen atoms in total. The zero-order chi connectivity index (χ0) is 27.1. The zero-order valence-electron chi connectivity index (χ0n) is 19.6. The summed E-state index contributed by atoms with van der Waals surface area (Å²) in [6, 6.07) is 4.75. The highest BCUT2D eigenvalue weighted by Gasteiger charge is 2.60. The fourth-order valence-electron chi connectivity index (χ4n) is 5.11. The Labute approximate surface area is 216 Å². The molecule has 3 saturated carbocycles. The van der Waals surface area contributed by atoms with Crippen LogP contribution in [0.5, 0.6) is 0 Å². The van der Waals surface area contributed by atoms with E-state index in [9.17, 15) is 36.3 Å². The number of halogens is 4. The molecular weight excluding hydrogens is 533 g/mol. The minimum Gasteiger partial charge on any atom is -0.387 e. The van der Waals surface area contributed by atoms with Gasteiger partial charge in [-0.25, -0.2) is 21.6 Å². The second-order valence-corrected chi connectivity index (χ2v) is 11.9. The van der Waals surface area contributed by atoms with Crippen LogP contribution in [0.15, 0.2) is 47.4 Å². The number of amides is 2. The number of nitrogens with one attached hydrogen (secondary N) is 2. The van der Waals surface area contributed by atoms with Crippen LogP contribution in [-0.2, 0) is 14.6 Å². The van der Waals surface area contributed by atoms with Gasteiger partial charge in [-0.1, -0.05) is 17.7 Å². The van der Waals surface area contributed by atoms with Gasteiger partial charge in [0.15, 0.2) is 27.3 Å². The number of rotatable bonds is 7. The molecule has 3 aliphatic carbocycles. The Morgan fingerprint density at radius 3 is 2.32 bits per heavy atom. The lowest BCUT2D eigenvalue weighted by Crippen LogP contribution is -2.66. The van der Waals surface area contributed by atoms with E-state index in [1.54, 1.807) is 13.0 Å². The van der Waals surface area contributed by atoms with Crippen LogP contribution in [0.1, 0.15) is 36.5 Å². The first-order valence-corrected chi connectivity index (χ1v) is 13.4. The lowest BCUT2D eigenvalue weighted by Gasteiger charge is -2.58. The van der Waals surface area contributed by atoms with E-state index >= 15 is 0 Å². The first kappa shape index (κ1) is 27.2. The molecule has 0 aromatic heterocycles. The summed E-state index contributed by atoms with van der Waals surface area (Å²) in [6.07, 6.45) is 3.83. The molecule has 0 spiro atoms. The Morgan fingerprint density at radius 1 is 1.11 bits per heavy atom. The normalized spacial score (nSPS) is 25.0. The van der Waals surface area contributed by atoms with E-state index in [0.29, 0.717) is 18.6 Å². The van der Waals surface area contributed by atoms with Gasteiger partial charge >= 0.3 is 0 Å². The van der Waals surface area contributed by atoms with Crippen LogP contribution in [0.4, 0.5) is 18.9 Å². The monoisotopic (exact) mass is 556 g/mol. The van der Waals surface area contributed by atoms with Gasteiger partial charge in [-0.15, -0.1) is 0 Å². The molecule has 2 unspecified atom stereocenters. The highest BCUT2D eigenvalue weighted by Crippen LogP contribution is 2.55. The van der Waals surface area contributed by atoms with E-state index in [2.05, 4.69) is 10.6 Å². The van der Waals surface area contributed by atoms with Gasteiger partial charge in [0.1, 0.15) is 0 Å². The summed E-state index contributed by atoms with van der Waals surface area (Å²) < 4.78 is 67.1. The predicted molar refractivity (Wildman–Crippen MR) is 130 cm³/mol. The van der Waals surface area contributed by atoms with Crippen LogP contribution in [-0.4, -0.2) is 42.7 Å². The van der Waals surface area contributed by atoms with Crippen LogP contribution >= 0.6 is 11.6 Å². The lowest BCUT2D eigenvalue weighted by atomic mass is 9.53. The van der Waals surface area contributed by atoms with E-state index in [0.717, 1.165) is 6.07 Å². The predicted octanol–water partition coefficient (Wildman–Crippen LogP) is 4.01. The molecule has 3 fully saturated rings. The second kappa shape index (κ2) is 10.1. The van der Waals surface area contributed by atoms with E-state index in [-0.39, 0.29) is 58.3 Å². The summed E-state index contributed by atoms with van der Waals surface area (Å²) in [4.78, 5) is 24.1. The van der Waals surface area contributed by atoms with Crippen molar-refractivity contribution in [1.82, 2.24) is 5.32 Å². The highest BCUT2D eigenvalue weighted by molar-refractivity contribution is 7.92. The van der Waals surface area contributed by atoms with Crippen molar-refractivity contribution < 1.29 is 36.3 Å². The molecule has 3 aliphatic rings. The van der Waals surface area contributed by atoms with E-state index in [1.807, 2.05) is 0 Å². The molecule has 0 heterocycles. The Hall–Kier alpha value is -2.89. The van der Waals surface area contributed by atoms with E-state index in [1.165, 1.54) is 18.2 Å². The fourth-order valence-corrected chi connectivity index (χ4v) is 7.51. The SMILES string of the molecule is C/C=C/C(=O)NCC1(O)C2CC1CC(S(=O)(=O)c1cc(C(=O)Nc3cc(F)c(F)c(F)c3)ccc1Cl)C2. The van der Waals surface area contributed by atoms with Gasteiger partial charge in [-0.05, 0) is 62.3 Å². The second-order valence-electron chi connectivity index (χ2n) is 9.33. The Morgan fingerprint density at radius 2 is 1.73 bits per heavy atom. The molecule has 2 aromatic carbocycles. The topological polar surface area (TPSA) is 113 Å². The minimum absolute atomic E-state index is 0.0132. The van der Waals surface area contributed by atoms with Crippen LogP contribution in [0, 0.1) is 29.3 Å². The molecule has 198 valence electrons. The molecule has 2 amide bonds. The first-order valence-electron chi connectivity index (χ1n) is 11.5. The van der Waals surface area contributed by atoms with E-state index < -0.39 is 44.0 Å². The number of allylic oxidation sites excluding steroid dienone is 1. The van der Waals surface area contributed by atoms with Crippen molar-refractivity contribution in [2.24, 2.45) is 11.8 Å². The van der Waals surface area contributed by atoms with Gasteiger partial charge in [-0.2, -0.15) is 0 Å². The van der Waals surface area contributed by atoms with Crippen molar-refractivity contribution in [3.8, 4) is 0 Å². The maximum atomic E-state index is 13.5.